The minimum Gasteiger partial charge on any atom is -0.464 e. The van der Waals surface area contributed by atoms with E-state index in [4.69, 9.17) is 6.57 Å². The number of carbonyl (C=O) groups is 1. The van der Waals surface area contributed by atoms with Gasteiger partial charge in [-0.25, -0.2) is 21.3 Å². The second-order valence-corrected chi connectivity index (χ2v) is 2.20. The van der Waals surface area contributed by atoms with Crippen LogP contribution in [0.5, 0.6) is 0 Å². The smallest absolute Gasteiger partial charge is 0.358 e. The number of aromatic nitrogens is 2. The second kappa shape index (κ2) is 4.16. The molecule has 0 aliphatic heterocycles. The molecule has 0 atom stereocenters. The van der Waals surface area contributed by atoms with Crippen molar-refractivity contribution in [2.45, 2.75) is 6.54 Å². The summed E-state index contributed by atoms with van der Waals surface area (Å²) in [5, 5.41) is 0. The van der Waals surface area contributed by atoms with E-state index in [0.717, 1.165) is 0 Å². The lowest BCUT2D eigenvalue weighted by molar-refractivity contribution is 0.0593. The Morgan fingerprint density at radius 3 is 2.85 bits per heavy atom. The van der Waals surface area contributed by atoms with Crippen LogP contribution in [-0.2, 0) is 11.3 Å². The predicted molar refractivity (Wildman–Crippen MR) is 43.7 cm³/mol. The number of nitrogens with zero attached hydrogens (tertiary/aromatic N) is 3. The van der Waals surface area contributed by atoms with E-state index < -0.39 is 5.97 Å². The van der Waals surface area contributed by atoms with Crippen LogP contribution in [0.15, 0.2) is 12.4 Å². The van der Waals surface area contributed by atoms with Crippen LogP contribution >= 0.6 is 0 Å². The number of ether oxygens (including phenoxy) is 1. The van der Waals surface area contributed by atoms with Gasteiger partial charge in [0.1, 0.15) is 5.69 Å². The zero-order valence-corrected chi connectivity index (χ0v) is 7.02. The molecule has 1 aromatic rings. The molecule has 1 heterocycles. The first-order chi connectivity index (χ1) is 6.27. The van der Waals surface area contributed by atoms with E-state index in [1.807, 2.05) is 0 Å². The van der Waals surface area contributed by atoms with Crippen LogP contribution in [0.1, 0.15) is 16.2 Å². The number of carbonyl (C=O) groups excluding carboxylic acids is 1. The van der Waals surface area contributed by atoms with Crippen molar-refractivity contribution in [3.05, 3.63) is 35.2 Å². The minimum atomic E-state index is -0.526. The molecule has 0 saturated carbocycles. The van der Waals surface area contributed by atoms with Gasteiger partial charge < -0.3 is 9.58 Å². The summed E-state index contributed by atoms with van der Waals surface area (Å²) < 4.78 is 4.43. The molecule has 0 amide bonds. The molecule has 0 N–H and O–H groups in total. The van der Waals surface area contributed by atoms with Gasteiger partial charge in [-0.3, -0.25) is 0 Å². The zero-order valence-electron chi connectivity index (χ0n) is 7.02. The molecule has 0 saturated heterocycles. The highest BCUT2D eigenvalue weighted by atomic mass is 16.5. The molecule has 0 bridgehead atoms. The van der Waals surface area contributed by atoms with Crippen molar-refractivity contribution in [1.82, 2.24) is 9.97 Å². The molecular weight excluding hydrogens is 170 g/mol. The van der Waals surface area contributed by atoms with Crippen molar-refractivity contribution in [3.63, 3.8) is 0 Å². The Hall–Kier alpha value is -1.96. The molecule has 0 aromatic carbocycles. The fourth-order valence-electron chi connectivity index (χ4n) is 0.727. The number of methoxy groups -OCH3 is 1. The van der Waals surface area contributed by atoms with Crippen LogP contribution in [0.25, 0.3) is 4.85 Å². The fraction of sp³-hybridized carbons (Fsp3) is 0.250. The minimum absolute atomic E-state index is 0.149. The summed E-state index contributed by atoms with van der Waals surface area (Å²) in [5.41, 5.74) is 0.693. The summed E-state index contributed by atoms with van der Waals surface area (Å²) in [6.07, 6.45) is 2.69. The molecular formula is C8H7N3O2. The van der Waals surface area contributed by atoms with Crippen LogP contribution in [0.3, 0.4) is 0 Å². The van der Waals surface area contributed by atoms with Crippen molar-refractivity contribution in [2.24, 2.45) is 0 Å². The van der Waals surface area contributed by atoms with Crippen molar-refractivity contribution in [1.29, 1.82) is 0 Å². The van der Waals surface area contributed by atoms with Crippen molar-refractivity contribution in [3.8, 4) is 0 Å². The van der Waals surface area contributed by atoms with E-state index in [-0.39, 0.29) is 12.2 Å². The Balaban J connectivity index is 2.82. The Kier molecular flexibility index (Phi) is 2.92. The maximum Gasteiger partial charge on any atom is 0.358 e. The summed E-state index contributed by atoms with van der Waals surface area (Å²) in [7, 11) is 1.27. The molecule has 0 radical (unpaired) electrons. The van der Waals surface area contributed by atoms with Crippen LogP contribution in [0.2, 0.25) is 0 Å². The van der Waals surface area contributed by atoms with Gasteiger partial charge >= 0.3 is 5.97 Å². The predicted octanol–water partition coefficient (Wildman–Crippen LogP) is 0.682. The molecule has 66 valence electrons. The van der Waals surface area contributed by atoms with Crippen LogP contribution in [0, 0.1) is 6.57 Å². The molecule has 0 aliphatic rings. The Morgan fingerprint density at radius 2 is 2.38 bits per heavy atom. The number of esters is 1. The fourth-order valence-corrected chi connectivity index (χ4v) is 0.727. The summed E-state index contributed by atoms with van der Waals surface area (Å²) in [6.45, 7) is 6.76. The van der Waals surface area contributed by atoms with Gasteiger partial charge in [-0.2, -0.15) is 0 Å². The summed E-state index contributed by atoms with van der Waals surface area (Å²) in [6, 6.07) is 0. The maximum absolute atomic E-state index is 10.9. The third-order valence-electron chi connectivity index (χ3n) is 1.34. The van der Waals surface area contributed by atoms with Gasteiger partial charge in [0.05, 0.1) is 19.5 Å². The molecule has 1 rings (SSSR count). The highest BCUT2D eigenvalue weighted by molar-refractivity contribution is 5.86. The highest BCUT2D eigenvalue weighted by Crippen LogP contribution is 1.98. The maximum atomic E-state index is 10.9. The van der Waals surface area contributed by atoms with E-state index >= 15 is 0 Å². The largest absolute Gasteiger partial charge is 0.464 e. The molecule has 5 nitrogen and oxygen atoms in total. The first-order valence-electron chi connectivity index (χ1n) is 3.50. The van der Waals surface area contributed by atoms with Crippen LogP contribution in [-0.4, -0.2) is 23.0 Å². The first kappa shape index (κ1) is 9.13. The molecule has 0 spiro atoms. The standard InChI is InChI=1S/C8H7N3O2/c1-9-3-6-4-11-7(5-10-6)8(12)13-2/h4-5H,3H2,2H3. The lowest BCUT2D eigenvalue weighted by atomic mass is 10.4. The third-order valence-corrected chi connectivity index (χ3v) is 1.34. The van der Waals surface area contributed by atoms with Gasteiger partial charge in [0, 0.05) is 0 Å². The average Bonchev–Trinajstić information content (AvgIpc) is 2.18. The molecule has 5 heteroatoms. The number of rotatable bonds is 2. The Labute approximate surface area is 75.2 Å². The monoisotopic (exact) mass is 177 g/mol. The van der Waals surface area contributed by atoms with Gasteiger partial charge in [0.2, 0.25) is 0 Å². The third kappa shape index (κ3) is 2.24. The van der Waals surface area contributed by atoms with E-state index in [1.54, 1.807) is 0 Å². The van der Waals surface area contributed by atoms with E-state index in [9.17, 15) is 4.79 Å². The normalized spacial score (nSPS) is 8.92. The van der Waals surface area contributed by atoms with Gasteiger partial charge in [-0.1, -0.05) is 0 Å². The van der Waals surface area contributed by atoms with E-state index in [2.05, 4.69) is 19.5 Å². The summed E-state index contributed by atoms with van der Waals surface area (Å²) in [5.74, 6) is -0.526. The quantitative estimate of drug-likeness (QED) is 0.492. The Morgan fingerprint density at radius 1 is 1.62 bits per heavy atom. The number of hydrogen-bond donors (Lipinski definition) is 0. The molecule has 1 aromatic heterocycles. The van der Waals surface area contributed by atoms with Gasteiger partial charge in [-0.05, 0) is 0 Å². The van der Waals surface area contributed by atoms with Crippen LogP contribution < -0.4 is 0 Å². The number of hydrogen-bond acceptors (Lipinski definition) is 4. The lowest BCUT2D eigenvalue weighted by Crippen LogP contribution is -2.05. The van der Waals surface area contributed by atoms with E-state index in [1.165, 1.54) is 19.5 Å². The first-order valence-corrected chi connectivity index (χ1v) is 3.50. The topological polar surface area (TPSA) is 56.4 Å². The Bertz CT molecular complexity index is 339. The van der Waals surface area contributed by atoms with Crippen molar-refractivity contribution < 1.29 is 9.53 Å². The second-order valence-electron chi connectivity index (χ2n) is 2.20. The summed E-state index contributed by atoms with van der Waals surface area (Å²) in [4.78, 5) is 21.7. The molecule has 0 unspecified atom stereocenters. The molecule has 0 aliphatic carbocycles. The SMILES string of the molecule is [C-]#[N+]Cc1cnc(C(=O)OC)cn1. The molecule has 0 fully saturated rings. The highest BCUT2D eigenvalue weighted by Gasteiger charge is 2.07. The average molecular weight is 177 g/mol. The van der Waals surface area contributed by atoms with Crippen molar-refractivity contribution >= 4 is 5.97 Å². The summed E-state index contributed by atoms with van der Waals surface area (Å²) >= 11 is 0. The lowest BCUT2D eigenvalue weighted by Gasteiger charge is -1.96. The van der Waals surface area contributed by atoms with Gasteiger partial charge in [0.15, 0.2) is 5.69 Å². The molecule has 13 heavy (non-hydrogen) atoms. The van der Waals surface area contributed by atoms with Gasteiger partial charge in [-0.15, -0.1) is 0 Å². The van der Waals surface area contributed by atoms with Crippen LogP contribution in [0.4, 0.5) is 0 Å². The zero-order chi connectivity index (χ0) is 9.68. The van der Waals surface area contributed by atoms with Crippen molar-refractivity contribution in [2.75, 3.05) is 7.11 Å². The van der Waals surface area contributed by atoms with Gasteiger partial charge in [0.25, 0.3) is 6.54 Å². The van der Waals surface area contributed by atoms with E-state index in [0.29, 0.717) is 5.69 Å².